The largest absolute Gasteiger partial charge is 0.478 e. The van der Waals surface area contributed by atoms with Gasteiger partial charge in [0.05, 0.1) is 6.61 Å². The van der Waals surface area contributed by atoms with Gasteiger partial charge in [-0.3, -0.25) is 0 Å². The monoisotopic (exact) mass is 233 g/mol. The highest BCUT2D eigenvalue weighted by Crippen LogP contribution is 2.14. The zero-order valence-corrected chi connectivity index (χ0v) is 10.1. The topological polar surface area (TPSA) is 78.9 Å². The number of nitrogens with zero attached hydrogens (tertiary/aromatic N) is 4. The van der Waals surface area contributed by atoms with Crippen LogP contribution in [0.3, 0.4) is 0 Å². The van der Waals surface area contributed by atoms with Gasteiger partial charge in [0.2, 0.25) is 5.88 Å². The van der Waals surface area contributed by atoms with Crippen LogP contribution in [0.15, 0.2) is 12.3 Å². The molecule has 2 N–H and O–H groups in total. The van der Waals surface area contributed by atoms with Gasteiger partial charge in [0, 0.05) is 23.5 Å². The van der Waals surface area contributed by atoms with Crippen molar-refractivity contribution in [1.82, 2.24) is 19.7 Å². The van der Waals surface area contributed by atoms with E-state index in [1.165, 1.54) is 0 Å². The van der Waals surface area contributed by atoms with E-state index >= 15 is 0 Å². The molecular formula is C11H15N5O. The molecule has 2 rings (SSSR count). The molecule has 6 nitrogen and oxygen atoms in total. The number of hydrogen-bond acceptors (Lipinski definition) is 5. The molecule has 0 aliphatic carbocycles. The minimum Gasteiger partial charge on any atom is -0.478 e. The number of hydrogen-bond donors (Lipinski definition) is 1. The van der Waals surface area contributed by atoms with Crippen molar-refractivity contribution >= 4 is 5.82 Å². The molecule has 0 bridgehead atoms. The third-order valence-corrected chi connectivity index (χ3v) is 2.25. The minimum absolute atomic E-state index is 0.466. The van der Waals surface area contributed by atoms with Crippen LogP contribution >= 0.6 is 0 Å². The minimum atomic E-state index is 0.466. The van der Waals surface area contributed by atoms with E-state index in [4.69, 9.17) is 10.5 Å². The molecule has 2 heterocycles. The summed E-state index contributed by atoms with van der Waals surface area (Å²) in [6, 6.07) is 1.78. The van der Waals surface area contributed by atoms with Crippen LogP contribution in [-0.4, -0.2) is 26.4 Å². The van der Waals surface area contributed by atoms with Gasteiger partial charge in [0.25, 0.3) is 5.95 Å². The molecule has 0 amide bonds. The maximum atomic E-state index is 5.69. The molecule has 0 spiro atoms. The van der Waals surface area contributed by atoms with Gasteiger partial charge in [-0.25, -0.2) is 9.67 Å². The molecule has 6 heteroatoms. The van der Waals surface area contributed by atoms with E-state index in [0.29, 0.717) is 24.3 Å². The molecular weight excluding hydrogens is 218 g/mol. The van der Waals surface area contributed by atoms with Crippen LogP contribution in [0.2, 0.25) is 0 Å². The Balaban J connectivity index is 2.44. The molecule has 0 saturated carbocycles. The molecule has 0 atom stereocenters. The van der Waals surface area contributed by atoms with Crippen molar-refractivity contribution < 1.29 is 4.74 Å². The lowest BCUT2D eigenvalue weighted by atomic mass is 10.4. The van der Waals surface area contributed by atoms with E-state index in [0.717, 1.165) is 11.3 Å². The third kappa shape index (κ3) is 2.35. The van der Waals surface area contributed by atoms with Gasteiger partial charge in [-0.15, -0.1) is 5.10 Å². The van der Waals surface area contributed by atoms with Crippen LogP contribution < -0.4 is 10.5 Å². The molecule has 0 aliphatic rings. The average Bonchev–Trinajstić information content (AvgIpc) is 2.59. The Kier molecular flexibility index (Phi) is 2.95. The van der Waals surface area contributed by atoms with E-state index in [2.05, 4.69) is 15.1 Å². The molecule has 0 aliphatic heterocycles. The molecule has 0 unspecified atom stereocenters. The Hall–Kier alpha value is -2.11. The van der Waals surface area contributed by atoms with Crippen LogP contribution in [0, 0.1) is 13.8 Å². The second kappa shape index (κ2) is 4.40. The lowest BCUT2D eigenvalue weighted by Gasteiger charge is -2.05. The molecule has 0 aromatic carbocycles. The van der Waals surface area contributed by atoms with E-state index in [-0.39, 0.29) is 0 Å². The van der Waals surface area contributed by atoms with Gasteiger partial charge < -0.3 is 10.5 Å². The number of nitrogens with two attached hydrogens (primary N) is 1. The number of rotatable bonds is 3. The quantitative estimate of drug-likeness (QED) is 0.863. The van der Waals surface area contributed by atoms with Gasteiger partial charge in [-0.1, -0.05) is 0 Å². The lowest BCUT2D eigenvalue weighted by Crippen LogP contribution is -2.06. The third-order valence-electron chi connectivity index (χ3n) is 2.25. The van der Waals surface area contributed by atoms with Crippen LogP contribution in [0.1, 0.15) is 18.2 Å². The predicted octanol–water partition coefficient (Wildman–Crippen LogP) is 1.26. The first-order valence-electron chi connectivity index (χ1n) is 5.40. The molecule has 90 valence electrons. The van der Waals surface area contributed by atoms with Crippen LogP contribution in [0.5, 0.6) is 5.88 Å². The summed E-state index contributed by atoms with van der Waals surface area (Å²) in [5.41, 5.74) is 7.41. The summed E-state index contributed by atoms with van der Waals surface area (Å²) >= 11 is 0. The van der Waals surface area contributed by atoms with Crippen molar-refractivity contribution in [2.75, 3.05) is 12.3 Å². The van der Waals surface area contributed by atoms with Crippen molar-refractivity contribution in [3.63, 3.8) is 0 Å². The van der Waals surface area contributed by atoms with E-state index < -0.39 is 0 Å². The van der Waals surface area contributed by atoms with E-state index in [1.54, 1.807) is 16.9 Å². The van der Waals surface area contributed by atoms with Gasteiger partial charge in [-0.2, -0.15) is 4.98 Å². The fourth-order valence-electron chi connectivity index (χ4n) is 1.42. The Bertz CT molecular complexity index is 515. The van der Waals surface area contributed by atoms with Crippen molar-refractivity contribution in [2.45, 2.75) is 20.8 Å². The molecule has 17 heavy (non-hydrogen) atoms. The summed E-state index contributed by atoms with van der Waals surface area (Å²) in [4.78, 5) is 8.55. The van der Waals surface area contributed by atoms with Gasteiger partial charge in [-0.05, 0) is 20.8 Å². The number of aromatic nitrogens is 4. The summed E-state index contributed by atoms with van der Waals surface area (Å²) < 4.78 is 6.92. The predicted molar refractivity (Wildman–Crippen MR) is 64.2 cm³/mol. The smallest absolute Gasteiger partial charge is 0.254 e. The SMILES string of the molecule is CCOc1cc(C)nc(-n2cc(C)c(N)n2)n1. The summed E-state index contributed by atoms with van der Waals surface area (Å²) in [7, 11) is 0. The number of aryl methyl sites for hydroxylation is 2. The van der Waals surface area contributed by atoms with Crippen LogP contribution in [0.4, 0.5) is 5.82 Å². The highest BCUT2D eigenvalue weighted by atomic mass is 16.5. The maximum absolute atomic E-state index is 5.69. The first-order valence-corrected chi connectivity index (χ1v) is 5.40. The zero-order chi connectivity index (χ0) is 12.4. The van der Waals surface area contributed by atoms with Gasteiger partial charge >= 0.3 is 0 Å². The van der Waals surface area contributed by atoms with E-state index in [9.17, 15) is 0 Å². The summed E-state index contributed by atoms with van der Waals surface area (Å²) in [5.74, 6) is 1.49. The average molecular weight is 233 g/mol. The first kappa shape index (κ1) is 11.4. The summed E-state index contributed by atoms with van der Waals surface area (Å²) in [6.45, 7) is 6.24. The van der Waals surface area contributed by atoms with E-state index in [1.807, 2.05) is 20.8 Å². The summed E-state index contributed by atoms with van der Waals surface area (Å²) in [6.07, 6.45) is 1.79. The second-order valence-electron chi connectivity index (χ2n) is 3.72. The normalized spacial score (nSPS) is 10.5. The van der Waals surface area contributed by atoms with Crippen LogP contribution in [0.25, 0.3) is 5.95 Å². The lowest BCUT2D eigenvalue weighted by molar-refractivity contribution is 0.325. The Labute approximate surface area is 99.4 Å². The van der Waals surface area contributed by atoms with Crippen molar-refractivity contribution in [3.05, 3.63) is 23.5 Å². The molecule has 0 saturated heterocycles. The molecule has 2 aromatic heterocycles. The Morgan fingerprint density at radius 2 is 2.12 bits per heavy atom. The Morgan fingerprint density at radius 1 is 1.35 bits per heavy atom. The second-order valence-corrected chi connectivity index (χ2v) is 3.72. The fourth-order valence-corrected chi connectivity index (χ4v) is 1.42. The standard InChI is InChI=1S/C11H15N5O/c1-4-17-9-5-8(3)13-11(14-9)16-6-7(2)10(12)15-16/h5-6H,4H2,1-3H3,(H2,12,15). The van der Waals surface area contributed by atoms with Crippen molar-refractivity contribution in [3.8, 4) is 11.8 Å². The van der Waals surface area contributed by atoms with Gasteiger partial charge in [0.1, 0.15) is 5.82 Å². The molecule has 0 fully saturated rings. The number of anilines is 1. The molecule has 2 aromatic rings. The van der Waals surface area contributed by atoms with Crippen molar-refractivity contribution in [1.29, 1.82) is 0 Å². The highest BCUT2D eigenvalue weighted by molar-refractivity contribution is 5.38. The zero-order valence-electron chi connectivity index (χ0n) is 10.1. The van der Waals surface area contributed by atoms with Crippen molar-refractivity contribution in [2.24, 2.45) is 0 Å². The number of nitrogen functional groups attached to an aromatic ring is 1. The maximum Gasteiger partial charge on any atom is 0.254 e. The summed E-state index contributed by atoms with van der Waals surface area (Å²) in [5, 5.41) is 4.14. The van der Waals surface area contributed by atoms with Crippen LogP contribution in [-0.2, 0) is 0 Å². The van der Waals surface area contributed by atoms with Gasteiger partial charge in [0.15, 0.2) is 0 Å². The fraction of sp³-hybridized carbons (Fsp3) is 0.364. The highest BCUT2D eigenvalue weighted by Gasteiger charge is 2.08. The molecule has 0 radical (unpaired) electrons. The first-order chi connectivity index (χ1) is 8.10. The number of ether oxygens (including phenoxy) is 1. The Morgan fingerprint density at radius 3 is 2.71 bits per heavy atom.